The minimum Gasteiger partial charge on any atom is -0.461 e. The number of benzene rings is 1. The zero-order chi connectivity index (χ0) is 25.8. The van der Waals surface area contributed by atoms with E-state index >= 15 is 0 Å². The van der Waals surface area contributed by atoms with Gasteiger partial charge in [-0.1, -0.05) is 35.8 Å². The first-order valence-electron chi connectivity index (χ1n) is 11.2. The van der Waals surface area contributed by atoms with Gasteiger partial charge in [0.15, 0.2) is 5.57 Å². The molecule has 0 aliphatic heterocycles. The molecule has 2 N–H and O–H groups in total. The molecule has 1 aromatic carbocycles. The van der Waals surface area contributed by atoms with Crippen molar-refractivity contribution < 1.29 is 14.3 Å². The minimum absolute atomic E-state index is 0.102. The number of esters is 1. The van der Waals surface area contributed by atoms with E-state index in [1.165, 1.54) is 10.8 Å². The Kier molecular flexibility index (Phi) is 10.8. The summed E-state index contributed by atoms with van der Waals surface area (Å²) in [6, 6.07) is 8.94. The first-order valence-corrected chi connectivity index (χ1v) is 12.0. The van der Waals surface area contributed by atoms with Crippen LogP contribution in [0.3, 0.4) is 0 Å². The molecule has 1 heterocycles. The number of hydrogen-bond acceptors (Lipinski definition) is 8. The minimum atomic E-state index is -0.787. The molecular formula is C25H29N5O4S. The van der Waals surface area contributed by atoms with Gasteiger partial charge in [0.1, 0.15) is 15.3 Å². The van der Waals surface area contributed by atoms with Crippen LogP contribution in [0.25, 0.3) is 11.5 Å². The van der Waals surface area contributed by atoms with Crippen LogP contribution < -0.4 is 25.4 Å². The van der Waals surface area contributed by atoms with Crippen LogP contribution in [0.2, 0.25) is 0 Å². The molecular weight excluding hydrogens is 466 g/mol. The van der Waals surface area contributed by atoms with Gasteiger partial charge in [-0.3, -0.25) is 19.1 Å². The third kappa shape index (κ3) is 8.14. The van der Waals surface area contributed by atoms with Crippen molar-refractivity contribution in [2.24, 2.45) is 0 Å². The molecule has 0 unspecified atom stereocenters. The summed E-state index contributed by atoms with van der Waals surface area (Å²) in [7, 11) is 1.90. The third-order valence-corrected chi connectivity index (χ3v) is 5.64. The number of likely N-dealkylation sites (N-methyl/N-ethyl adjacent to an activating group) is 1. The van der Waals surface area contributed by atoms with E-state index in [0.717, 1.165) is 24.3 Å². The van der Waals surface area contributed by atoms with Crippen molar-refractivity contribution in [2.75, 3.05) is 37.4 Å². The highest BCUT2D eigenvalue weighted by atomic mass is 32.1. The third-order valence-electron chi connectivity index (χ3n) is 4.63. The van der Waals surface area contributed by atoms with Gasteiger partial charge in [0.2, 0.25) is 5.91 Å². The monoisotopic (exact) mass is 495 g/mol. The van der Waals surface area contributed by atoms with Crippen molar-refractivity contribution in [2.45, 2.75) is 33.7 Å². The van der Waals surface area contributed by atoms with Gasteiger partial charge in [0.05, 0.1) is 13.2 Å². The SMILES string of the molecule is CCCN(C)CC(=O)Nc1cccc(NC=C=c2sc(=C=C(C#N)C(=O)OCC)n(CC)c2=O)c1. The lowest BCUT2D eigenvalue weighted by atomic mass is 10.2. The lowest BCUT2D eigenvalue weighted by Gasteiger charge is -2.15. The Morgan fingerprint density at radius 1 is 1.26 bits per heavy atom. The first-order chi connectivity index (χ1) is 16.8. The smallest absolute Gasteiger partial charge is 0.357 e. The number of nitrogens with one attached hydrogen (secondary N) is 2. The van der Waals surface area contributed by atoms with Crippen LogP contribution in [-0.2, 0) is 20.9 Å². The fourth-order valence-electron chi connectivity index (χ4n) is 3.09. The van der Waals surface area contributed by atoms with Gasteiger partial charge in [0.25, 0.3) is 5.56 Å². The van der Waals surface area contributed by atoms with Crippen molar-refractivity contribution in [1.29, 1.82) is 5.26 Å². The van der Waals surface area contributed by atoms with Crippen molar-refractivity contribution in [3.8, 4) is 6.07 Å². The number of amides is 1. The molecule has 10 heteroatoms. The number of aromatic nitrogens is 1. The maximum atomic E-state index is 12.7. The predicted molar refractivity (Wildman–Crippen MR) is 137 cm³/mol. The molecule has 9 nitrogen and oxygen atoms in total. The highest BCUT2D eigenvalue weighted by Crippen LogP contribution is 2.15. The summed E-state index contributed by atoms with van der Waals surface area (Å²) in [4.78, 5) is 38.7. The van der Waals surface area contributed by atoms with E-state index in [4.69, 9.17) is 4.74 Å². The Hall–Kier alpha value is -3.86. The Balaban J connectivity index is 2.31. The number of anilines is 2. The van der Waals surface area contributed by atoms with E-state index in [2.05, 4.69) is 29.0 Å². The van der Waals surface area contributed by atoms with Gasteiger partial charge in [-0.25, -0.2) is 4.79 Å². The lowest BCUT2D eigenvalue weighted by molar-refractivity contribution is -0.137. The Morgan fingerprint density at radius 3 is 2.66 bits per heavy atom. The molecule has 0 spiro atoms. The highest BCUT2D eigenvalue weighted by Gasteiger charge is 2.10. The van der Waals surface area contributed by atoms with Crippen molar-refractivity contribution in [3.05, 3.63) is 55.6 Å². The standard InChI is InChI=1S/C25H29N5O4S/c1-5-13-29(4)17-22(31)28-20-10-8-9-19(15-20)27-12-11-21-24(32)30(6-2)23(35-21)14-18(16-26)25(33)34-7-3/h8-10,12,15,27H,5-7,13,17H2,1-4H3,(H,28,31). The number of rotatable bonds is 10. The van der Waals surface area contributed by atoms with Gasteiger partial charge in [-0.2, -0.15) is 5.26 Å². The van der Waals surface area contributed by atoms with Crippen molar-refractivity contribution in [3.63, 3.8) is 0 Å². The molecule has 0 aliphatic rings. The van der Waals surface area contributed by atoms with E-state index in [1.807, 2.05) is 18.0 Å². The maximum absolute atomic E-state index is 12.7. The molecule has 0 bridgehead atoms. The molecule has 184 valence electrons. The largest absolute Gasteiger partial charge is 0.461 e. The molecule has 1 amide bonds. The second-order valence-electron chi connectivity index (χ2n) is 7.42. The normalized spacial score (nSPS) is 10.1. The predicted octanol–water partition coefficient (Wildman–Crippen LogP) is 1.61. The van der Waals surface area contributed by atoms with Crippen LogP contribution in [0.5, 0.6) is 0 Å². The molecule has 0 radical (unpaired) electrons. The van der Waals surface area contributed by atoms with E-state index in [-0.39, 0.29) is 28.2 Å². The van der Waals surface area contributed by atoms with Gasteiger partial charge in [-0.05, 0) is 52.1 Å². The Morgan fingerprint density at radius 2 is 2.00 bits per heavy atom. The summed E-state index contributed by atoms with van der Waals surface area (Å²) in [5.41, 5.74) is 6.34. The number of carbonyl (C=O) groups excluding carboxylic acids is 2. The number of nitrogens with zero attached hydrogens (tertiary/aromatic N) is 3. The number of ether oxygens (including phenoxy) is 1. The summed E-state index contributed by atoms with van der Waals surface area (Å²) in [6.45, 7) is 7.09. The van der Waals surface area contributed by atoms with E-state index in [9.17, 15) is 19.6 Å². The van der Waals surface area contributed by atoms with Crippen molar-refractivity contribution >= 4 is 46.1 Å². The molecule has 0 saturated carbocycles. The van der Waals surface area contributed by atoms with Gasteiger partial charge < -0.3 is 15.4 Å². The second kappa shape index (κ2) is 13.8. The van der Waals surface area contributed by atoms with Crippen LogP contribution in [0.15, 0.2) is 40.8 Å². The van der Waals surface area contributed by atoms with Crippen LogP contribution in [0, 0.1) is 11.3 Å². The molecule has 35 heavy (non-hydrogen) atoms. The van der Waals surface area contributed by atoms with Crippen molar-refractivity contribution in [1.82, 2.24) is 9.47 Å². The average molecular weight is 496 g/mol. The molecule has 2 aromatic rings. The highest BCUT2D eigenvalue weighted by molar-refractivity contribution is 7.07. The number of nitriles is 1. The average Bonchev–Trinajstić information content (AvgIpc) is 3.11. The van der Waals surface area contributed by atoms with Gasteiger partial charge in [-0.15, -0.1) is 0 Å². The summed E-state index contributed by atoms with van der Waals surface area (Å²) >= 11 is 1.06. The topological polar surface area (TPSA) is 116 Å². The van der Waals surface area contributed by atoms with E-state index < -0.39 is 5.97 Å². The first kappa shape index (κ1) is 27.4. The second-order valence-corrected chi connectivity index (χ2v) is 8.42. The van der Waals surface area contributed by atoms with E-state index in [1.54, 1.807) is 38.1 Å². The van der Waals surface area contributed by atoms with Gasteiger partial charge in [0, 0.05) is 24.1 Å². The Labute approximate surface area is 207 Å². The quantitative estimate of drug-likeness (QED) is 0.292. The molecule has 0 atom stereocenters. The lowest BCUT2D eigenvalue weighted by Crippen LogP contribution is -2.30. The molecule has 0 aliphatic carbocycles. The van der Waals surface area contributed by atoms with Crippen LogP contribution in [-0.4, -0.2) is 48.1 Å². The zero-order valence-corrected chi connectivity index (χ0v) is 21.1. The van der Waals surface area contributed by atoms with Crippen LogP contribution in [0.4, 0.5) is 11.4 Å². The molecule has 2 rings (SSSR count). The Bertz CT molecular complexity index is 1360. The number of hydrogen-bond donors (Lipinski definition) is 2. The molecule has 1 aromatic heterocycles. The fraction of sp³-hybridized carbons (Fsp3) is 0.360. The number of thiazole rings is 1. The summed E-state index contributed by atoms with van der Waals surface area (Å²) < 4.78 is 6.87. The summed E-state index contributed by atoms with van der Waals surface area (Å²) in [5, 5.41) is 15.1. The van der Waals surface area contributed by atoms with E-state index in [0.29, 0.717) is 29.1 Å². The summed E-state index contributed by atoms with van der Waals surface area (Å²) in [6.07, 6.45) is 2.47. The number of carbonyl (C=O) groups is 2. The van der Waals surface area contributed by atoms with Crippen LogP contribution >= 0.6 is 11.3 Å². The maximum Gasteiger partial charge on any atom is 0.357 e. The zero-order valence-electron chi connectivity index (χ0n) is 20.3. The van der Waals surface area contributed by atoms with Gasteiger partial charge >= 0.3 is 5.97 Å². The molecule has 0 fully saturated rings. The van der Waals surface area contributed by atoms with Crippen LogP contribution in [0.1, 0.15) is 27.2 Å². The summed E-state index contributed by atoms with van der Waals surface area (Å²) in [5.74, 6) is -0.888. The fourth-order valence-corrected chi connectivity index (χ4v) is 4.08. The molecule has 0 saturated heterocycles.